The van der Waals surface area contributed by atoms with Crippen LogP contribution in [0.1, 0.15) is 35.4 Å². The minimum atomic E-state index is -0.0606. The number of carbonyl (C=O) groups is 1. The summed E-state index contributed by atoms with van der Waals surface area (Å²) in [5.41, 5.74) is 2.92. The smallest absolute Gasteiger partial charge is 0.237 e. The van der Waals surface area contributed by atoms with Crippen molar-refractivity contribution < 1.29 is 18.8 Å². The standard InChI is InChI=1S/C23H31N3O4/c1-16-22(17(2)30-24-16)15-29-21-12-25(10-18-7-8-18)14-23(27)26(13-21)11-19-5-4-6-20(9-19)28-3/h4-6,9,18,21H,7-8,10-15H2,1-3H3. The van der Waals surface area contributed by atoms with Gasteiger partial charge >= 0.3 is 0 Å². The Kier molecular flexibility index (Phi) is 6.39. The van der Waals surface area contributed by atoms with Gasteiger partial charge in [-0.25, -0.2) is 0 Å². The van der Waals surface area contributed by atoms with Crippen LogP contribution in [0.25, 0.3) is 0 Å². The van der Waals surface area contributed by atoms with Gasteiger partial charge in [-0.1, -0.05) is 17.3 Å². The maximum atomic E-state index is 13.0. The molecule has 1 saturated heterocycles. The van der Waals surface area contributed by atoms with E-state index in [2.05, 4.69) is 10.1 Å². The van der Waals surface area contributed by atoms with E-state index in [9.17, 15) is 4.79 Å². The van der Waals surface area contributed by atoms with Gasteiger partial charge in [0, 0.05) is 31.7 Å². The molecule has 1 aromatic heterocycles. The number of carbonyl (C=O) groups excluding carboxylic acids is 1. The Morgan fingerprint density at radius 1 is 1.23 bits per heavy atom. The molecule has 1 saturated carbocycles. The topological polar surface area (TPSA) is 68.0 Å². The first-order chi connectivity index (χ1) is 14.5. The molecule has 1 unspecified atom stereocenters. The largest absolute Gasteiger partial charge is 0.497 e. The molecule has 1 atom stereocenters. The van der Waals surface area contributed by atoms with Crippen molar-refractivity contribution in [3.8, 4) is 5.75 Å². The Balaban J connectivity index is 1.47. The van der Waals surface area contributed by atoms with E-state index in [1.54, 1.807) is 7.11 Å². The Morgan fingerprint density at radius 2 is 2.07 bits per heavy atom. The monoisotopic (exact) mass is 413 g/mol. The lowest BCUT2D eigenvalue weighted by atomic mass is 10.2. The van der Waals surface area contributed by atoms with Crippen LogP contribution >= 0.6 is 0 Å². The fraction of sp³-hybridized carbons (Fsp3) is 0.565. The van der Waals surface area contributed by atoms with E-state index in [-0.39, 0.29) is 12.0 Å². The second-order valence-electron chi connectivity index (χ2n) is 8.50. The number of nitrogens with zero attached hydrogens (tertiary/aromatic N) is 3. The molecule has 162 valence electrons. The summed E-state index contributed by atoms with van der Waals surface area (Å²) < 4.78 is 16.9. The molecule has 7 heteroatoms. The predicted molar refractivity (Wildman–Crippen MR) is 112 cm³/mol. The van der Waals surface area contributed by atoms with Gasteiger partial charge < -0.3 is 18.9 Å². The number of aryl methyl sites for hydroxylation is 2. The number of methoxy groups -OCH3 is 1. The van der Waals surface area contributed by atoms with Crippen LogP contribution in [-0.4, -0.2) is 60.3 Å². The van der Waals surface area contributed by atoms with Crippen molar-refractivity contribution in [2.75, 3.05) is 33.3 Å². The van der Waals surface area contributed by atoms with E-state index in [1.165, 1.54) is 12.8 Å². The Morgan fingerprint density at radius 3 is 2.77 bits per heavy atom. The third-order valence-corrected chi connectivity index (χ3v) is 5.96. The highest BCUT2D eigenvalue weighted by atomic mass is 16.5. The summed E-state index contributed by atoms with van der Waals surface area (Å²) in [6.07, 6.45) is 2.47. The van der Waals surface area contributed by atoms with Crippen molar-refractivity contribution in [3.05, 3.63) is 46.8 Å². The number of aromatic nitrogens is 1. The Bertz CT molecular complexity index is 858. The molecule has 0 bridgehead atoms. The van der Waals surface area contributed by atoms with E-state index in [0.29, 0.717) is 26.2 Å². The average molecular weight is 414 g/mol. The third kappa shape index (κ3) is 5.21. The highest BCUT2D eigenvalue weighted by Gasteiger charge is 2.32. The number of rotatable bonds is 8. The van der Waals surface area contributed by atoms with Crippen molar-refractivity contribution in [1.82, 2.24) is 15.0 Å². The second kappa shape index (κ2) is 9.18. The van der Waals surface area contributed by atoms with Crippen LogP contribution < -0.4 is 4.74 Å². The molecule has 0 N–H and O–H groups in total. The predicted octanol–water partition coefficient (Wildman–Crippen LogP) is 2.94. The minimum Gasteiger partial charge on any atom is -0.497 e. The van der Waals surface area contributed by atoms with Gasteiger partial charge in [-0.15, -0.1) is 0 Å². The summed E-state index contributed by atoms with van der Waals surface area (Å²) in [6, 6.07) is 7.89. The number of hydrogen-bond acceptors (Lipinski definition) is 6. The Hall–Kier alpha value is -2.38. The van der Waals surface area contributed by atoms with Gasteiger partial charge in [-0.05, 0) is 50.3 Å². The summed E-state index contributed by atoms with van der Waals surface area (Å²) in [7, 11) is 1.66. The van der Waals surface area contributed by atoms with Gasteiger partial charge in [0.15, 0.2) is 0 Å². The van der Waals surface area contributed by atoms with E-state index >= 15 is 0 Å². The zero-order valence-corrected chi connectivity index (χ0v) is 18.1. The van der Waals surface area contributed by atoms with E-state index < -0.39 is 0 Å². The molecular weight excluding hydrogens is 382 g/mol. The van der Waals surface area contributed by atoms with Gasteiger partial charge in [0.1, 0.15) is 11.5 Å². The number of benzene rings is 1. The van der Waals surface area contributed by atoms with Crippen molar-refractivity contribution in [3.63, 3.8) is 0 Å². The van der Waals surface area contributed by atoms with Gasteiger partial charge in [0.25, 0.3) is 0 Å². The summed E-state index contributed by atoms with van der Waals surface area (Å²) >= 11 is 0. The lowest BCUT2D eigenvalue weighted by Crippen LogP contribution is -2.37. The van der Waals surface area contributed by atoms with Crippen molar-refractivity contribution in [1.29, 1.82) is 0 Å². The second-order valence-corrected chi connectivity index (χ2v) is 8.50. The molecule has 2 heterocycles. The highest BCUT2D eigenvalue weighted by Crippen LogP contribution is 2.30. The lowest BCUT2D eigenvalue weighted by Gasteiger charge is -2.25. The van der Waals surface area contributed by atoms with Crippen LogP contribution in [-0.2, 0) is 22.7 Å². The minimum absolute atomic E-state index is 0.0606. The molecule has 1 aliphatic carbocycles. The van der Waals surface area contributed by atoms with Crippen molar-refractivity contribution in [2.24, 2.45) is 5.92 Å². The molecule has 2 aromatic rings. The normalized spacial score (nSPS) is 20.4. The molecule has 2 fully saturated rings. The summed E-state index contributed by atoms with van der Waals surface area (Å²) in [5.74, 6) is 2.48. The van der Waals surface area contributed by atoms with Crippen LogP contribution in [0, 0.1) is 19.8 Å². The Labute approximate surface area is 177 Å². The summed E-state index contributed by atoms with van der Waals surface area (Å²) in [4.78, 5) is 17.2. The SMILES string of the molecule is COc1cccc(CN2CC(OCc3c(C)noc3C)CN(CC3CC3)CC2=O)c1. The molecule has 0 radical (unpaired) electrons. The first-order valence-corrected chi connectivity index (χ1v) is 10.7. The van der Waals surface area contributed by atoms with E-state index in [0.717, 1.165) is 47.3 Å². The third-order valence-electron chi connectivity index (χ3n) is 5.96. The van der Waals surface area contributed by atoms with Crippen LogP contribution in [0.5, 0.6) is 5.75 Å². The van der Waals surface area contributed by atoms with E-state index in [4.69, 9.17) is 14.0 Å². The summed E-state index contributed by atoms with van der Waals surface area (Å²) in [6.45, 7) is 7.60. The van der Waals surface area contributed by atoms with E-state index in [1.807, 2.05) is 43.0 Å². The number of hydrogen-bond donors (Lipinski definition) is 0. The molecule has 1 amide bonds. The fourth-order valence-corrected chi connectivity index (χ4v) is 4.01. The van der Waals surface area contributed by atoms with Crippen LogP contribution in [0.4, 0.5) is 0 Å². The summed E-state index contributed by atoms with van der Waals surface area (Å²) in [5, 5.41) is 4.02. The first-order valence-electron chi connectivity index (χ1n) is 10.7. The molecule has 4 rings (SSSR count). The molecule has 1 aliphatic heterocycles. The highest BCUT2D eigenvalue weighted by molar-refractivity contribution is 5.78. The average Bonchev–Trinajstić information content (AvgIpc) is 3.51. The molecule has 0 spiro atoms. The quantitative estimate of drug-likeness (QED) is 0.663. The fourth-order valence-electron chi connectivity index (χ4n) is 4.01. The molecule has 1 aromatic carbocycles. The van der Waals surface area contributed by atoms with Crippen LogP contribution in [0.2, 0.25) is 0 Å². The maximum Gasteiger partial charge on any atom is 0.237 e. The molecular formula is C23H31N3O4. The van der Waals surface area contributed by atoms with Crippen molar-refractivity contribution >= 4 is 5.91 Å². The molecule has 30 heavy (non-hydrogen) atoms. The first kappa shape index (κ1) is 20.9. The molecule has 2 aliphatic rings. The van der Waals surface area contributed by atoms with Crippen molar-refractivity contribution in [2.45, 2.75) is 45.9 Å². The van der Waals surface area contributed by atoms with Gasteiger partial charge in [0.05, 0.1) is 32.1 Å². The van der Waals surface area contributed by atoms with Crippen LogP contribution in [0.15, 0.2) is 28.8 Å². The van der Waals surface area contributed by atoms with Gasteiger partial charge in [0.2, 0.25) is 5.91 Å². The number of amides is 1. The van der Waals surface area contributed by atoms with Crippen LogP contribution in [0.3, 0.4) is 0 Å². The van der Waals surface area contributed by atoms with Gasteiger partial charge in [-0.3, -0.25) is 9.69 Å². The zero-order chi connectivity index (χ0) is 21.1. The van der Waals surface area contributed by atoms with Gasteiger partial charge in [-0.2, -0.15) is 0 Å². The lowest BCUT2D eigenvalue weighted by molar-refractivity contribution is -0.132. The number of ether oxygens (including phenoxy) is 2. The molecule has 7 nitrogen and oxygen atoms in total. The zero-order valence-electron chi connectivity index (χ0n) is 18.1. The maximum absolute atomic E-state index is 13.0.